The Morgan fingerprint density at radius 1 is 1.40 bits per heavy atom. The van der Waals surface area contributed by atoms with E-state index in [2.05, 4.69) is 0 Å². The molecule has 1 atom stereocenters. The number of urea groups is 1. The second-order valence-electron chi connectivity index (χ2n) is 4.60. The Morgan fingerprint density at radius 3 is 2.65 bits per heavy atom. The lowest BCUT2D eigenvalue weighted by atomic mass is 10.1. The van der Waals surface area contributed by atoms with Gasteiger partial charge >= 0.3 is 12.2 Å². The number of alkyl halides is 3. The first-order valence-electron chi connectivity index (χ1n) is 5.91. The summed E-state index contributed by atoms with van der Waals surface area (Å²) >= 11 is 0. The number of carbonyl (C=O) groups is 1. The monoisotopic (exact) mass is 283 g/mol. The average molecular weight is 283 g/mol. The summed E-state index contributed by atoms with van der Waals surface area (Å²) in [6.07, 6.45) is -4.65. The number of para-hydroxylation sites is 1. The highest BCUT2D eigenvalue weighted by atomic mass is 19.4. The van der Waals surface area contributed by atoms with E-state index in [-0.39, 0.29) is 0 Å². The maximum absolute atomic E-state index is 12.7. The highest BCUT2D eigenvalue weighted by Gasteiger charge is 2.43. The van der Waals surface area contributed by atoms with Crippen LogP contribution in [0.25, 0.3) is 0 Å². The van der Waals surface area contributed by atoms with E-state index in [0.717, 1.165) is 10.5 Å². The number of amides is 2. The second kappa shape index (κ2) is 5.04. The predicted molar refractivity (Wildman–Crippen MR) is 65.8 cm³/mol. The molecular weight excluding hydrogens is 271 g/mol. The van der Waals surface area contributed by atoms with Crippen LogP contribution in [-0.4, -0.2) is 30.7 Å². The Morgan fingerprint density at radius 2 is 2.05 bits per heavy atom. The Hall–Kier alpha value is -2.23. The van der Waals surface area contributed by atoms with Gasteiger partial charge in [0.25, 0.3) is 0 Å². The van der Waals surface area contributed by atoms with Crippen molar-refractivity contribution in [2.75, 3.05) is 18.5 Å². The van der Waals surface area contributed by atoms with Crippen molar-refractivity contribution >= 4 is 11.7 Å². The van der Waals surface area contributed by atoms with Gasteiger partial charge in [-0.15, -0.1) is 0 Å². The number of rotatable bonds is 2. The molecule has 1 aromatic rings. The lowest BCUT2D eigenvalue weighted by Gasteiger charge is -2.36. The smallest absolute Gasteiger partial charge is 0.323 e. The number of hydrogen-bond acceptors (Lipinski definition) is 2. The maximum atomic E-state index is 12.7. The fourth-order valence-electron chi connectivity index (χ4n) is 2.12. The van der Waals surface area contributed by atoms with Crippen molar-refractivity contribution < 1.29 is 18.0 Å². The number of carbonyl (C=O) groups excluding carboxylic acids is 1. The zero-order valence-electron chi connectivity index (χ0n) is 10.7. The average Bonchev–Trinajstić information content (AvgIpc) is 2.38. The summed E-state index contributed by atoms with van der Waals surface area (Å²) in [5.74, 6) is -2.20. The Balaban J connectivity index is 2.35. The highest BCUT2D eigenvalue weighted by molar-refractivity contribution is 5.94. The lowest BCUT2D eigenvalue weighted by molar-refractivity contribution is -0.156. The van der Waals surface area contributed by atoms with Crippen molar-refractivity contribution in [3.8, 4) is 6.07 Å². The van der Waals surface area contributed by atoms with Gasteiger partial charge in [-0.05, 0) is 11.6 Å². The highest BCUT2D eigenvalue weighted by Crippen LogP contribution is 2.32. The molecule has 1 aromatic carbocycles. The molecule has 0 spiro atoms. The number of nitrogens with zero attached hydrogens (tertiary/aromatic N) is 3. The topological polar surface area (TPSA) is 47.3 Å². The van der Waals surface area contributed by atoms with Crippen LogP contribution in [0.3, 0.4) is 0 Å². The van der Waals surface area contributed by atoms with Crippen LogP contribution in [-0.2, 0) is 6.54 Å². The van der Waals surface area contributed by atoms with E-state index < -0.39 is 24.7 Å². The number of benzene rings is 1. The molecule has 0 aromatic heterocycles. The van der Waals surface area contributed by atoms with Crippen LogP contribution < -0.4 is 4.90 Å². The van der Waals surface area contributed by atoms with Crippen LogP contribution >= 0.6 is 0 Å². The minimum atomic E-state index is -4.65. The third kappa shape index (κ3) is 2.54. The Labute approximate surface area is 114 Å². The van der Waals surface area contributed by atoms with E-state index in [0.29, 0.717) is 12.2 Å². The lowest BCUT2D eigenvalue weighted by Crippen LogP contribution is -2.48. The first-order valence-corrected chi connectivity index (χ1v) is 5.91. The molecule has 0 saturated carbocycles. The molecule has 0 aliphatic carbocycles. The van der Waals surface area contributed by atoms with Crippen LogP contribution in [0, 0.1) is 17.2 Å². The molecule has 4 nitrogen and oxygen atoms in total. The summed E-state index contributed by atoms with van der Waals surface area (Å²) in [5, 5.41) is 8.67. The molecule has 106 valence electrons. The fraction of sp³-hybridized carbons (Fsp3) is 0.385. The van der Waals surface area contributed by atoms with Gasteiger partial charge in [0.05, 0.1) is 18.3 Å². The van der Waals surface area contributed by atoms with Crippen molar-refractivity contribution in [2.24, 2.45) is 5.92 Å². The second-order valence-corrected chi connectivity index (χ2v) is 4.60. The third-order valence-corrected chi connectivity index (χ3v) is 3.16. The molecule has 20 heavy (non-hydrogen) atoms. The summed E-state index contributed by atoms with van der Waals surface area (Å²) in [6.45, 7) is -0.352. The summed E-state index contributed by atoms with van der Waals surface area (Å²) in [4.78, 5) is 14.4. The number of fused-ring (bicyclic) bond motifs is 1. The largest absolute Gasteiger partial charge is 0.406 e. The van der Waals surface area contributed by atoms with Gasteiger partial charge in [-0.1, -0.05) is 18.2 Å². The molecule has 1 aliphatic heterocycles. The normalized spacial score (nSPS) is 16.6. The minimum Gasteiger partial charge on any atom is -0.323 e. The molecular formula is C13H12F3N3O. The number of nitriles is 1. The predicted octanol–water partition coefficient (Wildman–Crippen LogP) is 2.76. The molecule has 1 unspecified atom stereocenters. The van der Waals surface area contributed by atoms with Crippen molar-refractivity contribution in [2.45, 2.75) is 12.7 Å². The Kier molecular flexibility index (Phi) is 3.57. The fourth-order valence-corrected chi connectivity index (χ4v) is 2.12. The van der Waals surface area contributed by atoms with Crippen molar-refractivity contribution in [3.05, 3.63) is 29.8 Å². The third-order valence-electron chi connectivity index (χ3n) is 3.16. The first-order chi connectivity index (χ1) is 9.34. The molecule has 2 amide bonds. The minimum absolute atomic E-state index is 0.342. The maximum Gasteiger partial charge on any atom is 0.406 e. The SMILES string of the molecule is CN1Cc2ccccc2N(CC(C#N)C(F)(F)F)C1=O. The van der Waals surface area contributed by atoms with Crippen molar-refractivity contribution in [1.29, 1.82) is 5.26 Å². The van der Waals surface area contributed by atoms with Gasteiger partial charge in [0.1, 0.15) is 0 Å². The molecule has 7 heteroatoms. The van der Waals surface area contributed by atoms with Gasteiger partial charge in [0, 0.05) is 13.6 Å². The van der Waals surface area contributed by atoms with Gasteiger partial charge in [-0.2, -0.15) is 18.4 Å². The van der Waals surface area contributed by atoms with Crippen LogP contribution in [0.2, 0.25) is 0 Å². The number of anilines is 1. The van der Waals surface area contributed by atoms with E-state index in [9.17, 15) is 18.0 Å². The van der Waals surface area contributed by atoms with E-state index in [1.807, 2.05) is 0 Å². The van der Waals surface area contributed by atoms with Gasteiger partial charge in [0.15, 0.2) is 5.92 Å². The molecule has 0 saturated heterocycles. The Bertz CT molecular complexity index is 565. The van der Waals surface area contributed by atoms with E-state index in [1.165, 1.54) is 18.0 Å². The van der Waals surface area contributed by atoms with Gasteiger partial charge < -0.3 is 4.90 Å². The van der Waals surface area contributed by atoms with E-state index in [4.69, 9.17) is 5.26 Å². The molecule has 1 heterocycles. The molecule has 0 fully saturated rings. The first kappa shape index (κ1) is 14.2. The summed E-state index contributed by atoms with van der Waals surface area (Å²) < 4.78 is 38.1. The molecule has 0 bridgehead atoms. The van der Waals surface area contributed by atoms with Crippen LogP contribution in [0.4, 0.5) is 23.7 Å². The van der Waals surface area contributed by atoms with Crippen molar-refractivity contribution in [1.82, 2.24) is 4.90 Å². The summed E-state index contributed by atoms with van der Waals surface area (Å²) in [7, 11) is 1.51. The van der Waals surface area contributed by atoms with Crippen LogP contribution in [0.5, 0.6) is 0 Å². The van der Waals surface area contributed by atoms with E-state index >= 15 is 0 Å². The van der Waals surface area contributed by atoms with Crippen molar-refractivity contribution in [3.63, 3.8) is 0 Å². The van der Waals surface area contributed by atoms with Gasteiger partial charge in [-0.3, -0.25) is 4.90 Å². The standard InChI is InChI=1S/C13H12F3N3O/c1-18-7-9-4-2-3-5-11(9)19(12(18)20)8-10(6-17)13(14,15)16/h2-5,10H,7-8H2,1H3. The van der Waals surface area contributed by atoms with Gasteiger partial charge in [-0.25, -0.2) is 4.79 Å². The zero-order chi connectivity index (χ0) is 14.9. The van der Waals surface area contributed by atoms with E-state index in [1.54, 1.807) is 24.3 Å². The number of hydrogen-bond donors (Lipinski definition) is 0. The molecule has 0 N–H and O–H groups in total. The van der Waals surface area contributed by atoms with Crippen LogP contribution in [0.1, 0.15) is 5.56 Å². The number of halogens is 3. The molecule has 2 rings (SSSR count). The quantitative estimate of drug-likeness (QED) is 0.838. The van der Waals surface area contributed by atoms with Gasteiger partial charge in [0.2, 0.25) is 0 Å². The summed E-state index contributed by atoms with van der Waals surface area (Å²) in [5.41, 5.74) is 1.19. The van der Waals surface area contributed by atoms with Crippen LogP contribution in [0.15, 0.2) is 24.3 Å². The molecule has 1 aliphatic rings. The zero-order valence-corrected chi connectivity index (χ0v) is 10.7. The summed E-state index contributed by atoms with van der Waals surface area (Å²) in [6, 6.07) is 7.43. The molecule has 0 radical (unpaired) electrons.